The Morgan fingerprint density at radius 1 is 1.11 bits per heavy atom. The fraction of sp³-hybridized carbons (Fsp3) is 0.533. The molecule has 0 atom stereocenters. The Labute approximate surface area is 123 Å². The molecule has 4 heteroatoms. The Kier molecular flexibility index (Phi) is 5.86. The highest BCUT2D eigenvalue weighted by molar-refractivity contribution is 9.09. The fourth-order valence-corrected chi connectivity index (χ4v) is 2.58. The van der Waals surface area contributed by atoms with Crippen LogP contribution in [-0.2, 0) is 17.9 Å². The molecule has 1 aliphatic rings. The van der Waals surface area contributed by atoms with Gasteiger partial charge in [-0.2, -0.15) is 0 Å². The number of hydrogen-bond acceptors (Lipinski definition) is 2. The molecule has 0 spiro atoms. The third-order valence-corrected chi connectivity index (χ3v) is 4.00. The average molecular weight is 325 g/mol. The van der Waals surface area contributed by atoms with Crippen LogP contribution in [0.4, 0.5) is 0 Å². The van der Waals surface area contributed by atoms with Gasteiger partial charge in [-0.05, 0) is 37.1 Å². The number of alkyl halides is 1. The van der Waals surface area contributed by atoms with Gasteiger partial charge in [-0.3, -0.25) is 9.69 Å². The average Bonchev–Trinajstić information content (AvgIpc) is 2.47. The smallest absolute Gasteiger partial charge is 0.230 e. The van der Waals surface area contributed by atoms with Gasteiger partial charge in [-0.25, -0.2) is 0 Å². The Bertz CT molecular complexity index is 399. The summed E-state index contributed by atoms with van der Waals surface area (Å²) in [6.07, 6.45) is 4.04. The number of piperidine rings is 1. The number of benzene rings is 1. The largest absolute Gasteiger partial charge is 0.351 e. The molecule has 0 unspecified atom stereocenters. The summed E-state index contributed by atoms with van der Waals surface area (Å²) in [5.41, 5.74) is 2.51. The lowest BCUT2D eigenvalue weighted by molar-refractivity contribution is -0.118. The van der Waals surface area contributed by atoms with E-state index in [2.05, 4.69) is 50.4 Å². The van der Waals surface area contributed by atoms with Gasteiger partial charge in [0.05, 0.1) is 5.33 Å². The van der Waals surface area contributed by atoms with Crippen LogP contribution in [0.15, 0.2) is 24.3 Å². The van der Waals surface area contributed by atoms with Crippen molar-refractivity contribution in [3.63, 3.8) is 0 Å². The van der Waals surface area contributed by atoms with E-state index in [1.54, 1.807) is 0 Å². The van der Waals surface area contributed by atoms with Gasteiger partial charge in [0, 0.05) is 13.1 Å². The summed E-state index contributed by atoms with van der Waals surface area (Å²) < 4.78 is 0. The molecule has 1 aliphatic heterocycles. The van der Waals surface area contributed by atoms with Gasteiger partial charge in [0.15, 0.2) is 0 Å². The van der Waals surface area contributed by atoms with Crippen LogP contribution >= 0.6 is 15.9 Å². The van der Waals surface area contributed by atoms with E-state index >= 15 is 0 Å². The summed E-state index contributed by atoms with van der Waals surface area (Å²) in [4.78, 5) is 13.7. The molecule has 1 N–H and O–H groups in total. The molecule has 0 radical (unpaired) electrons. The number of nitrogens with zero attached hydrogens (tertiary/aromatic N) is 1. The van der Waals surface area contributed by atoms with Crippen LogP contribution in [0.5, 0.6) is 0 Å². The van der Waals surface area contributed by atoms with Crippen LogP contribution in [-0.4, -0.2) is 29.2 Å². The second-order valence-corrected chi connectivity index (χ2v) is 5.62. The van der Waals surface area contributed by atoms with E-state index in [1.165, 1.54) is 37.9 Å². The minimum Gasteiger partial charge on any atom is -0.351 e. The zero-order valence-corrected chi connectivity index (χ0v) is 12.8. The zero-order chi connectivity index (χ0) is 13.5. The normalized spacial score (nSPS) is 16.3. The molecule has 104 valence electrons. The summed E-state index contributed by atoms with van der Waals surface area (Å²) in [5.74, 6) is 0.0254. The number of halogens is 1. The SMILES string of the molecule is O=C(CBr)NCc1ccc(CN2CCCCC2)cc1. The van der Waals surface area contributed by atoms with Crippen molar-refractivity contribution >= 4 is 21.8 Å². The van der Waals surface area contributed by atoms with Crippen LogP contribution in [0, 0.1) is 0 Å². The molecule has 0 bridgehead atoms. The van der Waals surface area contributed by atoms with Gasteiger partial charge >= 0.3 is 0 Å². The monoisotopic (exact) mass is 324 g/mol. The molecule has 0 aromatic heterocycles. The van der Waals surface area contributed by atoms with Gasteiger partial charge in [-0.1, -0.05) is 46.6 Å². The van der Waals surface area contributed by atoms with Gasteiger partial charge in [0.2, 0.25) is 5.91 Å². The number of nitrogens with one attached hydrogen (secondary N) is 1. The predicted octanol–water partition coefficient (Wildman–Crippen LogP) is 2.68. The van der Waals surface area contributed by atoms with Crippen LogP contribution in [0.25, 0.3) is 0 Å². The minimum atomic E-state index is 0.0254. The van der Waals surface area contributed by atoms with Crippen LogP contribution in [0.3, 0.4) is 0 Å². The molecule has 0 saturated carbocycles. The van der Waals surface area contributed by atoms with E-state index in [0.717, 1.165) is 12.1 Å². The lowest BCUT2D eigenvalue weighted by Crippen LogP contribution is -2.29. The van der Waals surface area contributed by atoms with Crippen molar-refractivity contribution < 1.29 is 4.79 Å². The van der Waals surface area contributed by atoms with Crippen molar-refractivity contribution in [2.75, 3.05) is 18.4 Å². The van der Waals surface area contributed by atoms with E-state index in [9.17, 15) is 4.79 Å². The van der Waals surface area contributed by atoms with Crippen molar-refractivity contribution in [3.05, 3.63) is 35.4 Å². The van der Waals surface area contributed by atoms with Crippen LogP contribution in [0.2, 0.25) is 0 Å². The molecule has 2 rings (SSSR count). The van der Waals surface area contributed by atoms with Crippen molar-refractivity contribution in [1.82, 2.24) is 10.2 Å². The summed E-state index contributed by atoms with van der Waals surface area (Å²) in [5, 5.41) is 3.21. The molecule has 1 fully saturated rings. The molecule has 1 aromatic carbocycles. The predicted molar refractivity (Wildman–Crippen MR) is 81.2 cm³/mol. The number of rotatable bonds is 5. The number of likely N-dealkylation sites (tertiary alicyclic amines) is 1. The number of amides is 1. The second-order valence-electron chi connectivity index (χ2n) is 5.06. The van der Waals surface area contributed by atoms with Crippen molar-refractivity contribution in [3.8, 4) is 0 Å². The van der Waals surface area contributed by atoms with Gasteiger partial charge in [-0.15, -0.1) is 0 Å². The van der Waals surface area contributed by atoms with E-state index in [-0.39, 0.29) is 5.91 Å². The molecule has 1 amide bonds. The Morgan fingerprint density at radius 2 is 1.74 bits per heavy atom. The Hall–Kier alpha value is -0.870. The van der Waals surface area contributed by atoms with Crippen molar-refractivity contribution in [1.29, 1.82) is 0 Å². The van der Waals surface area contributed by atoms with Crippen molar-refractivity contribution in [2.24, 2.45) is 0 Å². The Balaban J connectivity index is 1.82. The molecule has 19 heavy (non-hydrogen) atoms. The van der Waals surface area contributed by atoms with E-state index in [4.69, 9.17) is 0 Å². The summed E-state index contributed by atoms with van der Waals surface area (Å²) in [6.45, 7) is 4.11. The lowest BCUT2D eigenvalue weighted by atomic mass is 10.1. The van der Waals surface area contributed by atoms with Crippen molar-refractivity contribution in [2.45, 2.75) is 32.4 Å². The standard InChI is InChI=1S/C15H21BrN2O/c16-10-15(19)17-11-13-4-6-14(7-5-13)12-18-8-2-1-3-9-18/h4-7H,1-3,8-12H2,(H,17,19). The van der Waals surface area contributed by atoms with Gasteiger partial charge < -0.3 is 5.32 Å². The maximum atomic E-state index is 11.2. The van der Waals surface area contributed by atoms with E-state index in [1.807, 2.05) is 0 Å². The van der Waals surface area contributed by atoms with Crippen LogP contribution in [0.1, 0.15) is 30.4 Å². The highest BCUT2D eigenvalue weighted by Gasteiger charge is 2.10. The number of hydrogen-bond donors (Lipinski definition) is 1. The first-order valence-corrected chi connectivity index (χ1v) is 8.03. The highest BCUT2D eigenvalue weighted by Crippen LogP contribution is 2.13. The third kappa shape index (κ3) is 4.96. The van der Waals surface area contributed by atoms with Crippen LogP contribution < -0.4 is 5.32 Å². The zero-order valence-electron chi connectivity index (χ0n) is 11.2. The fourth-order valence-electron chi connectivity index (χ4n) is 2.39. The Morgan fingerprint density at radius 3 is 2.37 bits per heavy atom. The first-order valence-electron chi connectivity index (χ1n) is 6.91. The molecule has 1 aromatic rings. The maximum Gasteiger partial charge on any atom is 0.230 e. The van der Waals surface area contributed by atoms with E-state index in [0.29, 0.717) is 11.9 Å². The lowest BCUT2D eigenvalue weighted by Gasteiger charge is -2.26. The first-order chi connectivity index (χ1) is 9.28. The summed E-state index contributed by atoms with van der Waals surface area (Å²) in [7, 11) is 0. The topological polar surface area (TPSA) is 32.3 Å². The molecule has 1 saturated heterocycles. The molecular weight excluding hydrogens is 304 g/mol. The molecule has 1 heterocycles. The maximum absolute atomic E-state index is 11.2. The summed E-state index contributed by atoms with van der Waals surface area (Å²) >= 11 is 3.14. The number of carbonyl (C=O) groups is 1. The van der Waals surface area contributed by atoms with Gasteiger partial charge in [0.1, 0.15) is 0 Å². The molecule has 3 nitrogen and oxygen atoms in total. The minimum absolute atomic E-state index is 0.0254. The number of carbonyl (C=O) groups excluding carboxylic acids is 1. The summed E-state index contributed by atoms with van der Waals surface area (Å²) in [6, 6.07) is 8.55. The molecule has 0 aliphatic carbocycles. The quantitative estimate of drug-likeness (QED) is 0.844. The highest BCUT2D eigenvalue weighted by atomic mass is 79.9. The second kappa shape index (κ2) is 7.65. The van der Waals surface area contributed by atoms with Gasteiger partial charge in [0.25, 0.3) is 0 Å². The first kappa shape index (κ1) is 14.5. The van der Waals surface area contributed by atoms with E-state index < -0.39 is 0 Å². The third-order valence-electron chi connectivity index (χ3n) is 3.49. The molecular formula is C15H21BrN2O.